The van der Waals surface area contributed by atoms with Crippen LogP contribution in [0.2, 0.25) is 0 Å². The Bertz CT molecular complexity index is 7010. The van der Waals surface area contributed by atoms with Gasteiger partial charge in [-0.1, -0.05) is 80.2 Å². The molecule has 0 fully saturated rings. The summed E-state index contributed by atoms with van der Waals surface area (Å²) in [7, 11) is 0. The molecule has 20 aromatic rings. The normalized spacial score (nSPS) is 12.4. The van der Waals surface area contributed by atoms with Crippen molar-refractivity contribution in [2.24, 2.45) is 0 Å². The van der Waals surface area contributed by atoms with Gasteiger partial charge in [-0.25, -0.2) is 44.9 Å². The second kappa shape index (κ2) is 55.7. The predicted molar refractivity (Wildman–Crippen MR) is 515 cm³/mol. The number of benzene rings is 8. The van der Waals surface area contributed by atoms with Crippen LogP contribution in [0, 0.1) is 103 Å². The fourth-order valence-electron chi connectivity index (χ4n) is 11.7. The zero-order chi connectivity index (χ0) is 104. The first-order valence-electron chi connectivity index (χ1n) is 48.6. The van der Waals surface area contributed by atoms with Gasteiger partial charge in [0.25, 0.3) is 0 Å². The topological polar surface area (TPSA) is 219 Å². The molecule has 0 spiro atoms. The molecule has 17 nitrogen and oxygen atoms in total. The minimum absolute atomic E-state index is 0. The molecule has 20 rings (SSSR count). The maximum absolute atomic E-state index is 7.49. The van der Waals surface area contributed by atoms with E-state index in [4.69, 9.17) is 24.7 Å². The molecule has 0 aliphatic rings. The molecule has 0 aliphatic carbocycles. The van der Waals surface area contributed by atoms with Crippen LogP contribution < -0.4 is 0 Å². The largest absolute Gasteiger partial charge is 0.305 e. The van der Waals surface area contributed by atoms with Crippen LogP contribution in [0.4, 0.5) is 0 Å². The fraction of sp³-hybridized carbons (Fsp3) is 0.0804. The van der Waals surface area contributed by atoms with E-state index in [2.05, 4.69) is 133 Å². The standard InChI is InChI=1S/C16H13N4.2C16H12N3.C15H10N3.4C12H10N.CH4.4Ir/c1-11-18-12(2)20-16(19-11)14-8-9-17-15(10-14)13-6-4-3-5-7-13;1-12-17-10-8-15(19-12)14-7-9-18-16(11-14)13-5-3-2-4-6-13;1-12-18-10-15(11-19-12)14-7-8-17-16(9-14)13-5-3-2-4-6-13;1-2-5-12(6-3-1)14-11-13(7-10-16-14)15-17-8-4-9-18-15;4*1-10-7-8-12(13-9-10)11-5-3-2-4-6-11;;;;;/h3-6,8-10H,1-2H3;2*2-5,7-11H,1H3;1-5,7-11H;4*2-5,7-9H,1H3;1H4;;;;/q8*-1;;;;;/i1D3,2D3;;;;4*1D3;;;;;. The molecule has 0 saturated heterocycles. The first-order chi connectivity index (χ1) is 70.0. The van der Waals surface area contributed by atoms with Gasteiger partial charge in [-0.2, -0.15) is 0 Å². The molecule has 0 unspecified atom stereocenters. The second-order valence-corrected chi connectivity index (χ2v) is 27.0. The van der Waals surface area contributed by atoms with Crippen LogP contribution in [-0.4, -0.2) is 84.7 Å². The van der Waals surface area contributed by atoms with Crippen molar-refractivity contribution >= 4 is 0 Å². The molecule has 0 N–H and O–H groups in total. The van der Waals surface area contributed by atoms with E-state index in [1.807, 2.05) is 232 Å². The molecule has 12 heterocycles. The molecule has 0 atom stereocenters. The van der Waals surface area contributed by atoms with Gasteiger partial charge in [-0.15, -0.1) is 287 Å². The molecule has 133 heavy (non-hydrogen) atoms. The van der Waals surface area contributed by atoms with Crippen LogP contribution in [0.1, 0.15) is 77.7 Å². The molecule has 12 aromatic heterocycles. The molecule has 4 radical (unpaired) electrons. The molecule has 0 saturated carbocycles. The number of pyridine rings is 8. The summed E-state index contributed by atoms with van der Waals surface area (Å²) in [6, 6.07) is 117. The maximum atomic E-state index is 7.49. The summed E-state index contributed by atoms with van der Waals surface area (Å²) >= 11 is 0. The zero-order valence-corrected chi connectivity index (χ0v) is 79.9. The van der Waals surface area contributed by atoms with Crippen LogP contribution in [0.3, 0.4) is 0 Å². The first kappa shape index (κ1) is 79.7. The monoisotopic (exact) mass is 2460 g/mol. The van der Waals surface area contributed by atoms with Crippen LogP contribution in [0.25, 0.3) is 135 Å². The third-order valence-corrected chi connectivity index (χ3v) is 17.9. The summed E-state index contributed by atoms with van der Waals surface area (Å²) in [6.07, 6.45) is 21.3. The van der Waals surface area contributed by atoms with Gasteiger partial charge >= 0.3 is 0 Å². The van der Waals surface area contributed by atoms with Crippen LogP contribution in [0.15, 0.2) is 384 Å². The van der Waals surface area contributed by atoms with Crippen LogP contribution in [0.5, 0.6) is 0 Å². The van der Waals surface area contributed by atoms with E-state index in [0.717, 1.165) is 124 Å². The number of aromatic nitrogens is 17. The van der Waals surface area contributed by atoms with Crippen molar-refractivity contribution in [2.75, 3.05) is 0 Å². The molecule has 21 heteroatoms. The quantitative estimate of drug-likeness (QED) is 0.104. The molecule has 0 aliphatic heterocycles. The average molecular weight is 2460 g/mol. The molecule has 0 bridgehead atoms. The molecule has 8 aromatic carbocycles. The van der Waals surface area contributed by atoms with E-state index in [1.54, 1.807) is 134 Å². The summed E-state index contributed by atoms with van der Waals surface area (Å²) in [5.74, 6) is 1.10. The fourth-order valence-corrected chi connectivity index (χ4v) is 11.7. The first-order valence-corrected chi connectivity index (χ1v) is 39.6. The van der Waals surface area contributed by atoms with Crippen molar-refractivity contribution in [1.82, 2.24) is 84.7 Å². The summed E-state index contributed by atoms with van der Waals surface area (Å²) < 4.78 is 132. The average Bonchev–Trinajstić information content (AvgIpc) is 0.785. The van der Waals surface area contributed by atoms with Crippen LogP contribution >= 0.6 is 0 Å². The summed E-state index contributed by atoms with van der Waals surface area (Å²) in [6.45, 7) is -9.91. The Kier molecular flexibility index (Phi) is 33.4. The Morgan fingerprint density at radius 3 is 0.782 bits per heavy atom. The molecule has 668 valence electrons. The third kappa shape index (κ3) is 33.3. The summed E-state index contributed by atoms with van der Waals surface area (Å²) in [5, 5.41) is 0. The van der Waals surface area contributed by atoms with Crippen molar-refractivity contribution in [3.63, 3.8) is 0 Å². The van der Waals surface area contributed by atoms with Crippen molar-refractivity contribution in [3.05, 3.63) is 478 Å². The minimum atomic E-state index is -2.65. The van der Waals surface area contributed by atoms with E-state index in [0.29, 0.717) is 17.1 Å². The van der Waals surface area contributed by atoms with Crippen molar-refractivity contribution < 1.29 is 105 Å². The molecule has 0 amide bonds. The number of hydrogen-bond acceptors (Lipinski definition) is 17. The third-order valence-electron chi connectivity index (χ3n) is 17.9. The molecular formula is C112H91Ir4N17-8. The summed E-state index contributed by atoms with van der Waals surface area (Å²) in [4.78, 5) is 70.8. The van der Waals surface area contributed by atoms with E-state index in [9.17, 15) is 0 Å². The Hall–Kier alpha value is -14.2. The van der Waals surface area contributed by atoms with Gasteiger partial charge in [0.05, 0.1) is 5.69 Å². The van der Waals surface area contributed by atoms with Gasteiger partial charge in [0.15, 0.2) is 11.6 Å². The Morgan fingerprint density at radius 1 is 0.195 bits per heavy atom. The van der Waals surface area contributed by atoms with Gasteiger partial charge in [0, 0.05) is 202 Å². The van der Waals surface area contributed by atoms with E-state index < -0.39 is 52.8 Å². The van der Waals surface area contributed by atoms with Crippen molar-refractivity contribution in [2.45, 2.75) is 62.4 Å². The Morgan fingerprint density at radius 2 is 0.489 bits per heavy atom. The van der Waals surface area contributed by atoms with Gasteiger partial charge in [0.2, 0.25) is 0 Å². The molecular weight excluding hydrogens is 2350 g/mol. The summed E-state index contributed by atoms with van der Waals surface area (Å²) in [5.41, 5.74) is 19.7. The van der Waals surface area contributed by atoms with Crippen molar-refractivity contribution in [3.8, 4) is 135 Å². The van der Waals surface area contributed by atoms with E-state index in [-0.39, 0.29) is 116 Å². The maximum Gasteiger partial charge on any atom is 0.162 e. The Balaban J connectivity index is 0.000000210. The smallest absolute Gasteiger partial charge is 0.162 e. The van der Waals surface area contributed by atoms with Gasteiger partial charge in [0.1, 0.15) is 23.3 Å². The predicted octanol–water partition coefficient (Wildman–Crippen LogP) is 24.7. The number of rotatable bonds is 12. The van der Waals surface area contributed by atoms with E-state index >= 15 is 0 Å². The Labute approximate surface area is 859 Å². The zero-order valence-electron chi connectivity index (χ0n) is 88.3. The second-order valence-electron chi connectivity index (χ2n) is 27.0. The van der Waals surface area contributed by atoms with Crippen LogP contribution in [-0.2, 0) is 80.4 Å². The van der Waals surface area contributed by atoms with Gasteiger partial charge in [-0.3, -0.25) is 0 Å². The van der Waals surface area contributed by atoms with Crippen molar-refractivity contribution in [1.29, 1.82) is 0 Å². The SMILES string of the molecule is C.Cc1ncc(-c2ccnc(-c3[c-]cccc3)c2)cn1.Cc1nccc(-c2ccnc(-c3[c-]cccc3)c2)n1.[2H]C([2H])([2H])c1ccc(-c2[c-]cccc2)nc1.[2H]C([2H])([2H])c1ccc(-c2[c-]cccc2)nc1.[2H]C([2H])([2H])c1ccc(-c2[c-]cccc2)nc1.[2H]C([2H])([2H])c1ccc(-c2[c-]cccc2)nc1.[2H]C([2H])([2H])c1nc(-c2ccnc(-c3[c-]cccc3)c2)nc(C([2H])([2H])[2H])n1.[Ir].[Ir].[Ir].[Ir].[c-]1ccccc1-c1cc(-c2ncccn2)ccn1. The van der Waals surface area contributed by atoms with Gasteiger partial charge < -0.3 is 39.9 Å². The number of hydrogen-bond donors (Lipinski definition) is 0. The number of nitrogens with zero attached hydrogens (tertiary/aromatic N) is 17. The van der Waals surface area contributed by atoms with E-state index in [1.165, 1.54) is 31.0 Å². The van der Waals surface area contributed by atoms with Gasteiger partial charge in [-0.05, 0) is 170 Å². The minimum Gasteiger partial charge on any atom is -0.305 e. The number of aryl methyl sites for hydroxylation is 8.